The Morgan fingerprint density at radius 3 is 2.65 bits per heavy atom. The number of aromatic nitrogens is 1. The third-order valence-corrected chi connectivity index (χ3v) is 4.30. The number of halogens is 1. The smallest absolute Gasteiger partial charge is 0.203 e. The quantitative estimate of drug-likeness (QED) is 0.455. The van der Waals surface area contributed by atoms with E-state index in [0.717, 1.165) is 15.7 Å². The maximum absolute atomic E-state index is 9.67. The van der Waals surface area contributed by atoms with Crippen LogP contribution >= 0.6 is 27.3 Å². The minimum Gasteiger partial charge on any atom is -0.508 e. The van der Waals surface area contributed by atoms with Gasteiger partial charge in [-0.1, -0.05) is 28.1 Å². The van der Waals surface area contributed by atoms with Gasteiger partial charge in [0.1, 0.15) is 11.5 Å². The van der Waals surface area contributed by atoms with Gasteiger partial charge in [-0.15, -0.1) is 11.3 Å². The number of nitrogens with zero attached hydrogens (tertiary/aromatic N) is 2. The number of hydrogen-bond acceptors (Lipinski definition) is 6. The first kappa shape index (κ1) is 15.5. The summed E-state index contributed by atoms with van der Waals surface area (Å²) in [5, 5.41) is 25.5. The summed E-state index contributed by atoms with van der Waals surface area (Å²) in [6, 6.07) is 12.2. The van der Waals surface area contributed by atoms with Crippen molar-refractivity contribution >= 4 is 38.6 Å². The van der Waals surface area contributed by atoms with Crippen LogP contribution in [0.4, 0.5) is 5.13 Å². The molecule has 0 aliphatic heterocycles. The highest BCUT2D eigenvalue weighted by atomic mass is 79.9. The summed E-state index contributed by atoms with van der Waals surface area (Å²) in [5.41, 5.74) is 5.22. The molecule has 1 heterocycles. The Labute approximate surface area is 145 Å². The average Bonchev–Trinajstić information content (AvgIpc) is 2.99. The van der Waals surface area contributed by atoms with Crippen molar-refractivity contribution in [3.63, 3.8) is 0 Å². The van der Waals surface area contributed by atoms with Crippen LogP contribution in [0.25, 0.3) is 11.3 Å². The van der Waals surface area contributed by atoms with E-state index >= 15 is 0 Å². The van der Waals surface area contributed by atoms with E-state index in [4.69, 9.17) is 0 Å². The van der Waals surface area contributed by atoms with E-state index in [1.807, 2.05) is 29.6 Å². The summed E-state index contributed by atoms with van der Waals surface area (Å²) in [5.74, 6) is -0.0306. The molecule has 3 rings (SSSR count). The molecule has 2 aromatic carbocycles. The van der Waals surface area contributed by atoms with Gasteiger partial charge >= 0.3 is 0 Å². The molecule has 0 unspecified atom stereocenters. The van der Waals surface area contributed by atoms with Crippen molar-refractivity contribution in [1.29, 1.82) is 0 Å². The second kappa shape index (κ2) is 6.80. The van der Waals surface area contributed by atoms with Gasteiger partial charge in [0.15, 0.2) is 0 Å². The highest BCUT2D eigenvalue weighted by Crippen LogP contribution is 2.26. The molecule has 5 nitrogen and oxygen atoms in total. The van der Waals surface area contributed by atoms with Crippen LogP contribution in [0.2, 0.25) is 0 Å². The van der Waals surface area contributed by atoms with Gasteiger partial charge in [-0.2, -0.15) is 5.10 Å². The third kappa shape index (κ3) is 3.88. The van der Waals surface area contributed by atoms with E-state index in [-0.39, 0.29) is 11.5 Å². The van der Waals surface area contributed by atoms with E-state index < -0.39 is 0 Å². The molecule has 0 saturated carbocycles. The standard InChI is InChI=1S/C16H12BrN3O2S/c17-12-4-1-10(2-5-12)14-9-23-16(19-14)20-18-8-11-3-6-13(21)7-15(11)22/h1-9,21-22H,(H,19,20)/b18-8-. The molecule has 0 bridgehead atoms. The molecule has 0 atom stereocenters. The zero-order chi connectivity index (χ0) is 16.2. The minimum atomic E-state index is -0.0368. The summed E-state index contributed by atoms with van der Waals surface area (Å²) >= 11 is 4.84. The lowest BCUT2D eigenvalue weighted by molar-refractivity contribution is 0.450. The predicted molar refractivity (Wildman–Crippen MR) is 96.2 cm³/mol. The first-order valence-corrected chi connectivity index (χ1v) is 8.31. The topological polar surface area (TPSA) is 77.7 Å². The summed E-state index contributed by atoms with van der Waals surface area (Å²) in [6.07, 6.45) is 1.47. The molecule has 0 saturated heterocycles. The minimum absolute atomic E-state index is 0.00618. The number of anilines is 1. The van der Waals surface area contributed by atoms with Crippen molar-refractivity contribution in [3.8, 4) is 22.8 Å². The molecule has 7 heteroatoms. The van der Waals surface area contributed by atoms with Gasteiger partial charge in [-0.3, -0.25) is 5.43 Å². The van der Waals surface area contributed by atoms with E-state index in [0.29, 0.717) is 10.7 Å². The first-order chi connectivity index (χ1) is 11.1. The molecule has 0 amide bonds. The van der Waals surface area contributed by atoms with Gasteiger partial charge in [0, 0.05) is 27.0 Å². The van der Waals surface area contributed by atoms with Gasteiger partial charge in [-0.25, -0.2) is 4.98 Å². The second-order valence-corrected chi connectivity index (χ2v) is 6.43. The lowest BCUT2D eigenvalue weighted by atomic mass is 10.2. The Morgan fingerprint density at radius 1 is 1.13 bits per heavy atom. The Hall–Kier alpha value is -2.38. The zero-order valence-electron chi connectivity index (χ0n) is 11.8. The van der Waals surface area contributed by atoms with Gasteiger partial charge in [0.2, 0.25) is 5.13 Å². The molecule has 3 aromatic rings. The van der Waals surface area contributed by atoms with Crippen molar-refractivity contribution in [1.82, 2.24) is 4.98 Å². The van der Waals surface area contributed by atoms with Crippen LogP contribution in [0.1, 0.15) is 5.56 Å². The molecule has 1 aromatic heterocycles. The normalized spacial score (nSPS) is 11.0. The highest BCUT2D eigenvalue weighted by molar-refractivity contribution is 9.10. The van der Waals surface area contributed by atoms with Crippen LogP contribution in [0.15, 0.2) is 57.4 Å². The van der Waals surface area contributed by atoms with Gasteiger partial charge in [-0.05, 0) is 24.3 Å². The molecular formula is C16H12BrN3O2S. The van der Waals surface area contributed by atoms with E-state index in [1.165, 1.54) is 29.7 Å². The molecule has 0 spiro atoms. The number of hydrazone groups is 1. The van der Waals surface area contributed by atoms with Crippen molar-refractivity contribution in [2.45, 2.75) is 0 Å². The SMILES string of the molecule is Oc1ccc(/C=N\Nc2nc(-c3ccc(Br)cc3)cs2)c(O)c1. The molecule has 3 N–H and O–H groups in total. The Morgan fingerprint density at radius 2 is 1.91 bits per heavy atom. The number of benzene rings is 2. The van der Waals surface area contributed by atoms with Crippen molar-refractivity contribution in [2.24, 2.45) is 5.10 Å². The fourth-order valence-corrected chi connectivity index (χ4v) is 2.81. The molecule has 0 radical (unpaired) electrons. The number of thiazole rings is 1. The number of nitrogens with one attached hydrogen (secondary N) is 1. The fourth-order valence-electron chi connectivity index (χ4n) is 1.88. The van der Waals surface area contributed by atoms with E-state index in [2.05, 4.69) is 31.4 Å². The molecular weight excluding hydrogens is 378 g/mol. The second-order valence-electron chi connectivity index (χ2n) is 4.66. The zero-order valence-corrected chi connectivity index (χ0v) is 14.2. The van der Waals surface area contributed by atoms with Crippen molar-refractivity contribution < 1.29 is 10.2 Å². The van der Waals surface area contributed by atoms with Crippen molar-refractivity contribution in [3.05, 3.63) is 57.9 Å². The molecule has 116 valence electrons. The third-order valence-electron chi connectivity index (χ3n) is 3.02. The lowest BCUT2D eigenvalue weighted by Gasteiger charge is -1.99. The summed E-state index contributed by atoms with van der Waals surface area (Å²) in [7, 11) is 0. The van der Waals surface area contributed by atoms with E-state index in [1.54, 1.807) is 6.07 Å². The van der Waals surface area contributed by atoms with E-state index in [9.17, 15) is 10.2 Å². The molecule has 0 aliphatic carbocycles. The van der Waals surface area contributed by atoms with Gasteiger partial charge in [0.25, 0.3) is 0 Å². The van der Waals surface area contributed by atoms with Crippen LogP contribution in [0.3, 0.4) is 0 Å². The predicted octanol–water partition coefficient (Wildman–Crippen LogP) is 4.43. The molecule has 0 aliphatic rings. The summed E-state index contributed by atoms with van der Waals surface area (Å²) in [6.45, 7) is 0. The van der Waals surface area contributed by atoms with Crippen molar-refractivity contribution in [2.75, 3.05) is 5.43 Å². The molecule has 23 heavy (non-hydrogen) atoms. The number of hydrogen-bond donors (Lipinski definition) is 3. The lowest BCUT2D eigenvalue weighted by Crippen LogP contribution is -1.90. The first-order valence-electron chi connectivity index (χ1n) is 6.64. The summed E-state index contributed by atoms with van der Waals surface area (Å²) in [4.78, 5) is 4.45. The fraction of sp³-hybridized carbons (Fsp3) is 0. The van der Waals surface area contributed by atoms with Crippen LogP contribution in [-0.4, -0.2) is 21.4 Å². The number of phenolic OH excluding ortho intramolecular Hbond substituents is 2. The van der Waals surface area contributed by atoms with Crippen LogP contribution in [-0.2, 0) is 0 Å². The Bertz CT molecular complexity index is 847. The summed E-state index contributed by atoms with van der Waals surface area (Å²) < 4.78 is 1.02. The number of phenols is 2. The van der Waals surface area contributed by atoms with Gasteiger partial charge < -0.3 is 10.2 Å². The van der Waals surface area contributed by atoms with Gasteiger partial charge in [0.05, 0.1) is 11.9 Å². The van der Waals surface area contributed by atoms with Crippen LogP contribution in [0.5, 0.6) is 11.5 Å². The maximum atomic E-state index is 9.67. The van der Waals surface area contributed by atoms with Crippen LogP contribution < -0.4 is 5.43 Å². The largest absolute Gasteiger partial charge is 0.508 e. The van der Waals surface area contributed by atoms with Crippen LogP contribution in [0, 0.1) is 0 Å². The number of rotatable bonds is 4. The Kier molecular flexibility index (Phi) is 4.59. The maximum Gasteiger partial charge on any atom is 0.203 e. The Balaban J connectivity index is 1.69. The monoisotopic (exact) mass is 389 g/mol. The molecule has 0 fully saturated rings. The average molecular weight is 390 g/mol. The highest BCUT2D eigenvalue weighted by Gasteiger charge is 2.04. The number of aromatic hydroxyl groups is 2.